The Balaban J connectivity index is 0.000000816. The number of ether oxygens (including phenoxy) is 3. The van der Waals surface area contributed by atoms with E-state index in [1.54, 1.807) is 21.3 Å². The van der Waals surface area contributed by atoms with Crippen molar-refractivity contribution >= 4 is 12.2 Å². The molecule has 2 aromatic carbocycles. The van der Waals surface area contributed by atoms with Crippen LogP contribution in [0.25, 0.3) is 12.2 Å². The molecule has 2 aromatic rings. The molecule has 0 amide bonds. The summed E-state index contributed by atoms with van der Waals surface area (Å²) < 4.78 is 16.0. The van der Waals surface area contributed by atoms with Crippen molar-refractivity contribution in [3.05, 3.63) is 53.6 Å². The van der Waals surface area contributed by atoms with Crippen molar-refractivity contribution < 1.29 is 14.2 Å². The highest BCUT2D eigenvalue weighted by atomic mass is 16.5. The standard InChI is InChI=1S/C17H18O3.C2H7N/c1-18-15-11-14(12-16(19-2)17(15)20-3)10-9-13-7-5-4-6-8-13;1-3-2/h4-12H,1-3H3;3H,1-2H3. The van der Waals surface area contributed by atoms with Crippen LogP contribution in [0.15, 0.2) is 42.5 Å². The van der Waals surface area contributed by atoms with Crippen molar-refractivity contribution in [2.45, 2.75) is 0 Å². The summed E-state index contributed by atoms with van der Waals surface area (Å²) in [6, 6.07) is 13.9. The number of hydrogen-bond donors (Lipinski definition) is 1. The highest BCUT2D eigenvalue weighted by molar-refractivity contribution is 5.72. The fraction of sp³-hybridized carbons (Fsp3) is 0.263. The highest BCUT2D eigenvalue weighted by Gasteiger charge is 2.11. The van der Waals surface area contributed by atoms with Gasteiger partial charge in [-0.1, -0.05) is 42.5 Å². The summed E-state index contributed by atoms with van der Waals surface area (Å²) >= 11 is 0. The lowest BCUT2D eigenvalue weighted by atomic mass is 10.1. The lowest BCUT2D eigenvalue weighted by Crippen LogP contribution is -1.95. The highest BCUT2D eigenvalue weighted by Crippen LogP contribution is 2.38. The molecule has 124 valence electrons. The van der Waals surface area contributed by atoms with E-state index in [-0.39, 0.29) is 0 Å². The predicted molar refractivity (Wildman–Crippen MR) is 96.5 cm³/mol. The van der Waals surface area contributed by atoms with Crippen LogP contribution in [0.4, 0.5) is 0 Å². The smallest absolute Gasteiger partial charge is 0.203 e. The molecule has 0 spiro atoms. The number of nitrogens with one attached hydrogen (secondary N) is 1. The van der Waals surface area contributed by atoms with Crippen LogP contribution >= 0.6 is 0 Å². The van der Waals surface area contributed by atoms with Gasteiger partial charge < -0.3 is 19.5 Å². The zero-order valence-corrected chi connectivity index (χ0v) is 14.4. The Kier molecular flexibility index (Phi) is 8.32. The van der Waals surface area contributed by atoms with E-state index < -0.39 is 0 Å². The fourth-order valence-electron chi connectivity index (χ4n) is 1.95. The van der Waals surface area contributed by atoms with E-state index in [9.17, 15) is 0 Å². The third-order valence-corrected chi connectivity index (χ3v) is 2.95. The van der Waals surface area contributed by atoms with Crippen molar-refractivity contribution in [1.82, 2.24) is 5.32 Å². The number of benzene rings is 2. The van der Waals surface area contributed by atoms with Crippen LogP contribution in [-0.2, 0) is 0 Å². The molecule has 0 aliphatic heterocycles. The summed E-state index contributed by atoms with van der Waals surface area (Å²) in [4.78, 5) is 0. The van der Waals surface area contributed by atoms with Gasteiger partial charge in [-0.25, -0.2) is 0 Å². The molecule has 0 unspecified atom stereocenters. The number of rotatable bonds is 5. The number of methoxy groups -OCH3 is 3. The molecule has 0 bridgehead atoms. The summed E-state index contributed by atoms with van der Waals surface area (Å²) in [6.45, 7) is 0. The largest absolute Gasteiger partial charge is 0.493 e. The van der Waals surface area contributed by atoms with Crippen LogP contribution in [0.2, 0.25) is 0 Å². The van der Waals surface area contributed by atoms with Gasteiger partial charge in [-0.3, -0.25) is 0 Å². The van der Waals surface area contributed by atoms with Gasteiger partial charge in [-0.2, -0.15) is 0 Å². The molecule has 0 atom stereocenters. The summed E-state index contributed by atoms with van der Waals surface area (Å²) in [5.41, 5.74) is 2.13. The van der Waals surface area contributed by atoms with Crippen LogP contribution in [0, 0.1) is 0 Å². The zero-order chi connectivity index (χ0) is 17.1. The van der Waals surface area contributed by atoms with E-state index in [0.717, 1.165) is 11.1 Å². The Labute approximate surface area is 138 Å². The van der Waals surface area contributed by atoms with Crippen LogP contribution in [0.1, 0.15) is 11.1 Å². The minimum atomic E-state index is 0.604. The Hall–Kier alpha value is -2.46. The first-order chi connectivity index (χ1) is 11.2. The number of hydrogen-bond acceptors (Lipinski definition) is 4. The van der Waals surface area contributed by atoms with Crippen molar-refractivity contribution in [1.29, 1.82) is 0 Å². The van der Waals surface area contributed by atoms with E-state index in [2.05, 4.69) is 17.4 Å². The molecule has 0 aromatic heterocycles. The first-order valence-corrected chi connectivity index (χ1v) is 7.31. The maximum absolute atomic E-state index is 5.33. The molecule has 0 aliphatic rings. The SMILES string of the molecule is CNC.COc1cc(C=Cc2ccccc2)cc(OC)c1OC. The normalized spacial score (nSPS) is 9.96. The van der Waals surface area contributed by atoms with Crippen LogP contribution in [-0.4, -0.2) is 35.4 Å². The van der Waals surface area contributed by atoms with E-state index in [1.165, 1.54) is 0 Å². The average molecular weight is 315 g/mol. The minimum Gasteiger partial charge on any atom is -0.493 e. The Morgan fingerprint density at radius 1 is 0.739 bits per heavy atom. The maximum Gasteiger partial charge on any atom is 0.203 e. The molecular weight excluding hydrogens is 290 g/mol. The Morgan fingerprint density at radius 3 is 1.65 bits per heavy atom. The molecule has 0 radical (unpaired) electrons. The van der Waals surface area contributed by atoms with E-state index in [1.807, 2.05) is 56.6 Å². The quantitative estimate of drug-likeness (QED) is 0.854. The van der Waals surface area contributed by atoms with Gasteiger partial charge in [0.2, 0.25) is 5.75 Å². The van der Waals surface area contributed by atoms with Crippen LogP contribution in [0.3, 0.4) is 0 Å². The molecule has 0 fully saturated rings. The third kappa shape index (κ3) is 5.68. The topological polar surface area (TPSA) is 39.7 Å². The molecule has 0 heterocycles. The second-order valence-corrected chi connectivity index (χ2v) is 4.70. The first kappa shape index (κ1) is 18.6. The maximum atomic E-state index is 5.33. The van der Waals surface area contributed by atoms with Gasteiger partial charge in [-0.05, 0) is 37.4 Å². The predicted octanol–water partition coefficient (Wildman–Crippen LogP) is 3.72. The summed E-state index contributed by atoms with van der Waals surface area (Å²) in [5, 5.41) is 2.75. The van der Waals surface area contributed by atoms with E-state index in [4.69, 9.17) is 14.2 Å². The van der Waals surface area contributed by atoms with Gasteiger partial charge in [0.15, 0.2) is 11.5 Å². The van der Waals surface area contributed by atoms with Gasteiger partial charge in [0.25, 0.3) is 0 Å². The lowest BCUT2D eigenvalue weighted by Gasteiger charge is -2.12. The average Bonchev–Trinajstić information content (AvgIpc) is 2.60. The van der Waals surface area contributed by atoms with Crippen LogP contribution < -0.4 is 19.5 Å². The summed E-state index contributed by atoms with van der Waals surface area (Å²) in [7, 11) is 8.57. The molecule has 0 saturated carbocycles. The van der Waals surface area contributed by atoms with Gasteiger partial charge in [0.1, 0.15) is 0 Å². The van der Waals surface area contributed by atoms with E-state index in [0.29, 0.717) is 17.2 Å². The van der Waals surface area contributed by atoms with Gasteiger partial charge in [-0.15, -0.1) is 0 Å². The van der Waals surface area contributed by atoms with Gasteiger partial charge in [0, 0.05) is 0 Å². The second-order valence-electron chi connectivity index (χ2n) is 4.70. The fourth-order valence-corrected chi connectivity index (χ4v) is 1.95. The van der Waals surface area contributed by atoms with Crippen LogP contribution in [0.5, 0.6) is 17.2 Å². The van der Waals surface area contributed by atoms with Crippen molar-refractivity contribution in [2.75, 3.05) is 35.4 Å². The monoisotopic (exact) mass is 315 g/mol. The molecule has 1 N–H and O–H groups in total. The second kappa shape index (κ2) is 10.3. The third-order valence-electron chi connectivity index (χ3n) is 2.95. The Morgan fingerprint density at radius 2 is 1.22 bits per heavy atom. The molecule has 4 heteroatoms. The zero-order valence-electron chi connectivity index (χ0n) is 14.4. The first-order valence-electron chi connectivity index (χ1n) is 7.31. The molecule has 4 nitrogen and oxygen atoms in total. The Bertz CT molecular complexity index is 584. The van der Waals surface area contributed by atoms with Crippen molar-refractivity contribution in [3.63, 3.8) is 0 Å². The van der Waals surface area contributed by atoms with Gasteiger partial charge in [0.05, 0.1) is 21.3 Å². The molecule has 0 saturated heterocycles. The summed E-state index contributed by atoms with van der Waals surface area (Å²) in [6.07, 6.45) is 4.06. The van der Waals surface area contributed by atoms with Gasteiger partial charge >= 0.3 is 0 Å². The molecule has 23 heavy (non-hydrogen) atoms. The van der Waals surface area contributed by atoms with Crippen molar-refractivity contribution in [3.8, 4) is 17.2 Å². The lowest BCUT2D eigenvalue weighted by molar-refractivity contribution is 0.324. The molecular formula is C19H25NO3. The molecule has 0 aliphatic carbocycles. The summed E-state index contributed by atoms with van der Waals surface area (Å²) in [5.74, 6) is 1.91. The van der Waals surface area contributed by atoms with Crippen molar-refractivity contribution in [2.24, 2.45) is 0 Å². The molecule has 2 rings (SSSR count). The van der Waals surface area contributed by atoms with E-state index >= 15 is 0 Å². The minimum absolute atomic E-state index is 0.604.